The molecule has 0 unspecified atom stereocenters. The molecule has 2 aromatic carbocycles. The summed E-state index contributed by atoms with van der Waals surface area (Å²) in [6.45, 7) is 1.31. The fourth-order valence-electron chi connectivity index (χ4n) is 2.60. The number of nitrogens with two attached hydrogens (primary N) is 1. The highest BCUT2D eigenvalue weighted by atomic mass is 79.9. The van der Waals surface area contributed by atoms with E-state index in [2.05, 4.69) is 21.2 Å². The summed E-state index contributed by atoms with van der Waals surface area (Å²) in [6, 6.07) is 16.1. The first-order chi connectivity index (χ1) is 12.8. The van der Waals surface area contributed by atoms with Crippen LogP contribution in [0.4, 0.5) is 0 Å². The van der Waals surface area contributed by atoms with E-state index in [9.17, 15) is 8.42 Å². The van der Waals surface area contributed by atoms with Crippen molar-refractivity contribution in [2.75, 3.05) is 6.54 Å². The van der Waals surface area contributed by atoms with Crippen LogP contribution in [-0.2, 0) is 23.0 Å². The molecule has 3 N–H and O–H groups in total. The molecule has 0 fully saturated rings. The standard InChI is InChI=1S/C19H18BrClN2O3S.ClH/c20-14-3-7-17(18(21)11-14)19-8-4-15(26-19)12-23-10-9-13-1-5-16(6-2-13)27(22,24)25;/h1-8,11,23H,9-10,12H2,(H2,22,24,25);1H. The van der Waals surface area contributed by atoms with Gasteiger partial charge in [-0.1, -0.05) is 39.7 Å². The van der Waals surface area contributed by atoms with Crippen molar-refractivity contribution in [1.29, 1.82) is 0 Å². The summed E-state index contributed by atoms with van der Waals surface area (Å²) in [6.07, 6.45) is 0.761. The van der Waals surface area contributed by atoms with Gasteiger partial charge in [0.15, 0.2) is 0 Å². The van der Waals surface area contributed by atoms with Crippen molar-refractivity contribution in [1.82, 2.24) is 5.32 Å². The van der Waals surface area contributed by atoms with Crippen LogP contribution in [-0.4, -0.2) is 15.0 Å². The zero-order valence-corrected chi connectivity index (χ0v) is 18.7. The maximum absolute atomic E-state index is 11.2. The molecule has 0 saturated carbocycles. The highest BCUT2D eigenvalue weighted by Gasteiger charge is 2.09. The lowest BCUT2D eigenvalue weighted by Gasteiger charge is -2.05. The Labute approximate surface area is 183 Å². The van der Waals surface area contributed by atoms with Crippen molar-refractivity contribution in [3.05, 3.63) is 75.4 Å². The van der Waals surface area contributed by atoms with Crippen LogP contribution in [0.2, 0.25) is 5.02 Å². The predicted octanol–water partition coefficient (Wildman–Crippen LogP) is 4.76. The van der Waals surface area contributed by atoms with E-state index >= 15 is 0 Å². The molecule has 0 aliphatic carbocycles. The third-order valence-electron chi connectivity index (χ3n) is 4.00. The second kappa shape index (κ2) is 9.91. The second-order valence-corrected chi connectivity index (χ2v) is 8.89. The lowest BCUT2D eigenvalue weighted by molar-refractivity contribution is 0.495. The Morgan fingerprint density at radius 3 is 2.43 bits per heavy atom. The Morgan fingerprint density at radius 1 is 1.07 bits per heavy atom. The van der Waals surface area contributed by atoms with Gasteiger partial charge in [0, 0.05) is 10.0 Å². The fourth-order valence-corrected chi connectivity index (χ4v) is 3.88. The van der Waals surface area contributed by atoms with Gasteiger partial charge in [-0.05, 0) is 61.0 Å². The van der Waals surface area contributed by atoms with E-state index in [1.807, 2.05) is 30.3 Å². The topological polar surface area (TPSA) is 85.3 Å². The second-order valence-electron chi connectivity index (χ2n) is 6.01. The molecule has 3 rings (SSSR count). The van der Waals surface area contributed by atoms with Crippen molar-refractivity contribution in [2.24, 2.45) is 5.14 Å². The van der Waals surface area contributed by atoms with Crippen LogP contribution in [0.5, 0.6) is 0 Å². The van der Waals surface area contributed by atoms with Gasteiger partial charge >= 0.3 is 0 Å². The Kier molecular flexibility index (Phi) is 8.12. The van der Waals surface area contributed by atoms with Crippen LogP contribution in [0.15, 0.2) is 68.4 Å². The van der Waals surface area contributed by atoms with Gasteiger partial charge in [0.2, 0.25) is 10.0 Å². The van der Waals surface area contributed by atoms with Crippen LogP contribution in [0.1, 0.15) is 11.3 Å². The smallest absolute Gasteiger partial charge is 0.238 e. The van der Waals surface area contributed by atoms with E-state index in [0.717, 1.165) is 40.1 Å². The lowest BCUT2D eigenvalue weighted by atomic mass is 10.1. The number of rotatable bonds is 7. The average molecular weight is 506 g/mol. The summed E-state index contributed by atoms with van der Waals surface area (Å²) in [4.78, 5) is 0.119. The predicted molar refractivity (Wildman–Crippen MR) is 117 cm³/mol. The number of halogens is 3. The van der Waals surface area contributed by atoms with Gasteiger partial charge < -0.3 is 9.73 Å². The Morgan fingerprint density at radius 2 is 1.79 bits per heavy atom. The molecular formula is C19H19BrCl2N2O3S. The van der Waals surface area contributed by atoms with Crippen molar-refractivity contribution >= 4 is 50.0 Å². The molecule has 1 heterocycles. The molecule has 0 atom stereocenters. The highest BCUT2D eigenvalue weighted by molar-refractivity contribution is 9.10. The van der Waals surface area contributed by atoms with Crippen molar-refractivity contribution in [3.8, 4) is 11.3 Å². The number of primary sulfonamides is 1. The number of sulfonamides is 1. The van der Waals surface area contributed by atoms with Crippen LogP contribution >= 0.6 is 39.9 Å². The van der Waals surface area contributed by atoms with E-state index in [-0.39, 0.29) is 17.3 Å². The fraction of sp³-hybridized carbons (Fsp3) is 0.158. The van der Waals surface area contributed by atoms with Gasteiger partial charge in [-0.15, -0.1) is 12.4 Å². The normalized spacial score (nSPS) is 11.2. The Balaban J connectivity index is 0.00000280. The van der Waals surface area contributed by atoms with Gasteiger partial charge in [0.05, 0.1) is 16.5 Å². The number of benzene rings is 2. The van der Waals surface area contributed by atoms with Crippen LogP contribution in [0.3, 0.4) is 0 Å². The summed E-state index contributed by atoms with van der Waals surface area (Å²) in [5.41, 5.74) is 1.87. The molecule has 0 radical (unpaired) electrons. The monoisotopic (exact) mass is 504 g/mol. The Bertz CT molecular complexity index is 1040. The first-order valence-electron chi connectivity index (χ1n) is 8.19. The van der Waals surface area contributed by atoms with Crippen LogP contribution < -0.4 is 10.5 Å². The molecule has 28 heavy (non-hydrogen) atoms. The van der Waals surface area contributed by atoms with E-state index in [0.29, 0.717) is 11.6 Å². The summed E-state index contributed by atoms with van der Waals surface area (Å²) in [5.74, 6) is 1.54. The molecule has 0 aliphatic heterocycles. The molecule has 150 valence electrons. The molecule has 0 saturated heterocycles. The minimum Gasteiger partial charge on any atom is -0.460 e. The van der Waals surface area contributed by atoms with Gasteiger partial charge in [0.25, 0.3) is 0 Å². The molecule has 1 aromatic heterocycles. The minimum atomic E-state index is -3.65. The third kappa shape index (κ3) is 6.07. The lowest BCUT2D eigenvalue weighted by Crippen LogP contribution is -2.16. The zero-order valence-electron chi connectivity index (χ0n) is 14.7. The summed E-state index contributed by atoms with van der Waals surface area (Å²) in [5, 5.41) is 9.02. The van der Waals surface area contributed by atoms with Gasteiger partial charge in [-0.2, -0.15) is 0 Å². The molecule has 5 nitrogen and oxygen atoms in total. The van der Waals surface area contributed by atoms with E-state index in [1.54, 1.807) is 12.1 Å². The summed E-state index contributed by atoms with van der Waals surface area (Å²) >= 11 is 9.64. The number of hydrogen-bond acceptors (Lipinski definition) is 4. The van der Waals surface area contributed by atoms with Crippen molar-refractivity contribution < 1.29 is 12.8 Å². The maximum atomic E-state index is 11.2. The largest absolute Gasteiger partial charge is 0.460 e. The maximum Gasteiger partial charge on any atom is 0.238 e. The summed E-state index contributed by atoms with van der Waals surface area (Å²) in [7, 11) is -3.65. The zero-order chi connectivity index (χ0) is 19.4. The first kappa shape index (κ1) is 22.9. The van der Waals surface area contributed by atoms with E-state index in [1.165, 1.54) is 12.1 Å². The van der Waals surface area contributed by atoms with Gasteiger partial charge in [-0.25, -0.2) is 13.6 Å². The van der Waals surface area contributed by atoms with Crippen molar-refractivity contribution in [3.63, 3.8) is 0 Å². The molecule has 9 heteroatoms. The van der Waals surface area contributed by atoms with E-state index < -0.39 is 10.0 Å². The number of nitrogens with one attached hydrogen (secondary N) is 1. The number of furan rings is 1. The first-order valence-corrected chi connectivity index (χ1v) is 10.9. The molecule has 0 amide bonds. The SMILES string of the molecule is Cl.NS(=O)(=O)c1ccc(CCNCc2ccc(-c3ccc(Br)cc3Cl)o2)cc1. The molecular weight excluding hydrogens is 487 g/mol. The van der Waals surface area contributed by atoms with Crippen molar-refractivity contribution in [2.45, 2.75) is 17.9 Å². The molecule has 0 aliphatic rings. The average Bonchev–Trinajstić information content (AvgIpc) is 3.07. The molecule has 0 spiro atoms. The summed E-state index contributed by atoms with van der Waals surface area (Å²) < 4.78 is 29.3. The third-order valence-corrected chi connectivity index (χ3v) is 5.74. The number of hydrogen-bond donors (Lipinski definition) is 2. The quantitative estimate of drug-likeness (QED) is 0.453. The van der Waals surface area contributed by atoms with E-state index in [4.69, 9.17) is 21.2 Å². The molecule has 3 aromatic rings. The minimum absolute atomic E-state index is 0. The van der Waals surface area contributed by atoms with Crippen LogP contribution in [0.25, 0.3) is 11.3 Å². The molecule has 0 bridgehead atoms. The van der Waals surface area contributed by atoms with Gasteiger partial charge in [-0.3, -0.25) is 0 Å². The highest BCUT2D eigenvalue weighted by Crippen LogP contribution is 2.31. The Hall–Kier alpha value is -1.35. The van der Waals surface area contributed by atoms with Crippen LogP contribution in [0, 0.1) is 0 Å². The van der Waals surface area contributed by atoms with Gasteiger partial charge in [0.1, 0.15) is 11.5 Å².